The van der Waals surface area contributed by atoms with Gasteiger partial charge in [-0.1, -0.05) is 18.2 Å². The first kappa shape index (κ1) is 22.1. The van der Waals surface area contributed by atoms with Gasteiger partial charge in [0.15, 0.2) is 6.61 Å². The fraction of sp³-hybridized carbons (Fsp3) is 0.136. The normalized spacial score (nSPS) is 11.8. The number of halogens is 4. The van der Waals surface area contributed by atoms with Crippen LogP contribution in [0.25, 0.3) is 21.8 Å². The first-order valence-electron chi connectivity index (χ1n) is 9.47. The number of carbonyl (C=O) groups is 2. The molecular formula is C22H15F4N3O4. The van der Waals surface area contributed by atoms with Gasteiger partial charge in [0.1, 0.15) is 11.6 Å². The molecule has 7 nitrogen and oxygen atoms in total. The third-order valence-corrected chi connectivity index (χ3v) is 5.09. The maximum absolute atomic E-state index is 14.7. The van der Waals surface area contributed by atoms with Crippen molar-refractivity contribution in [1.82, 2.24) is 9.55 Å². The zero-order valence-corrected chi connectivity index (χ0v) is 16.7. The van der Waals surface area contributed by atoms with Crippen LogP contribution in [0.1, 0.15) is 21.5 Å². The average molecular weight is 461 g/mol. The Kier molecular flexibility index (Phi) is 5.40. The van der Waals surface area contributed by atoms with E-state index in [1.165, 1.54) is 35.2 Å². The maximum Gasteiger partial charge on any atom is 0.419 e. The summed E-state index contributed by atoms with van der Waals surface area (Å²) in [6.45, 7) is -1.03. The molecule has 0 fully saturated rings. The van der Waals surface area contributed by atoms with Gasteiger partial charge in [-0.15, -0.1) is 0 Å². The number of amides is 1. The number of carbonyl (C=O) groups excluding carboxylic acids is 1. The molecule has 11 heteroatoms. The molecular weight excluding hydrogens is 446 g/mol. The minimum Gasteiger partial charge on any atom is -0.480 e. The van der Waals surface area contributed by atoms with E-state index in [-0.39, 0.29) is 34.2 Å². The number of carboxylic acid groups (broad SMARTS) is 1. The van der Waals surface area contributed by atoms with Gasteiger partial charge in [0.25, 0.3) is 0 Å². The van der Waals surface area contributed by atoms with Crippen LogP contribution in [-0.2, 0) is 17.5 Å². The average Bonchev–Trinajstić information content (AvgIpc) is 3.07. The van der Waals surface area contributed by atoms with E-state index in [1.807, 2.05) is 0 Å². The molecule has 0 unspecified atom stereocenters. The highest BCUT2D eigenvalue weighted by Crippen LogP contribution is 2.38. The molecule has 3 N–H and O–H groups in total. The highest BCUT2D eigenvalue weighted by molar-refractivity contribution is 6.19. The van der Waals surface area contributed by atoms with Crippen molar-refractivity contribution < 1.29 is 37.0 Å². The van der Waals surface area contributed by atoms with Gasteiger partial charge in [-0.2, -0.15) is 13.2 Å². The molecule has 0 atom stereocenters. The van der Waals surface area contributed by atoms with Gasteiger partial charge >= 0.3 is 12.1 Å². The standard InChI is InChI=1S/C22H15F4N3O4/c23-20-11(3-1-5-13(20)22(24,25)26)9-29-14-6-2-4-12(21(27)32)18(14)19-15(29)7-28-8-16(19)33-10-17(30)31/h1-8H,9-10H2,(H2,27,32)(H,30,31). The van der Waals surface area contributed by atoms with E-state index in [0.29, 0.717) is 17.1 Å². The zero-order valence-electron chi connectivity index (χ0n) is 16.7. The lowest BCUT2D eigenvalue weighted by atomic mass is 10.1. The van der Waals surface area contributed by atoms with E-state index in [9.17, 15) is 27.2 Å². The number of aromatic nitrogens is 2. The van der Waals surface area contributed by atoms with Crippen LogP contribution < -0.4 is 10.5 Å². The molecule has 0 saturated carbocycles. The second kappa shape index (κ2) is 8.08. The number of alkyl halides is 3. The summed E-state index contributed by atoms with van der Waals surface area (Å²) in [6.07, 6.45) is -2.27. The van der Waals surface area contributed by atoms with E-state index in [1.54, 1.807) is 6.07 Å². The second-order valence-electron chi connectivity index (χ2n) is 7.14. The molecule has 1 amide bonds. The van der Waals surface area contributed by atoms with Crippen molar-refractivity contribution in [2.75, 3.05) is 6.61 Å². The molecule has 170 valence electrons. The van der Waals surface area contributed by atoms with Crippen molar-refractivity contribution in [3.8, 4) is 5.75 Å². The lowest BCUT2D eigenvalue weighted by molar-refractivity contribution is -0.140. The number of hydrogen-bond donors (Lipinski definition) is 2. The predicted octanol–water partition coefficient (Wildman–Crippen LogP) is 3.96. The third-order valence-electron chi connectivity index (χ3n) is 5.09. The van der Waals surface area contributed by atoms with Gasteiger partial charge in [0.05, 0.1) is 40.9 Å². The molecule has 0 bridgehead atoms. The molecule has 0 aliphatic heterocycles. The van der Waals surface area contributed by atoms with Gasteiger partial charge in [0.2, 0.25) is 5.91 Å². The number of carboxylic acids is 1. The van der Waals surface area contributed by atoms with Crippen LogP contribution >= 0.6 is 0 Å². The van der Waals surface area contributed by atoms with Crippen LogP contribution in [0, 0.1) is 5.82 Å². The topological polar surface area (TPSA) is 107 Å². The highest BCUT2D eigenvalue weighted by atomic mass is 19.4. The largest absolute Gasteiger partial charge is 0.480 e. The number of pyridine rings is 1. The van der Waals surface area contributed by atoms with Crippen molar-refractivity contribution >= 4 is 33.7 Å². The molecule has 0 spiro atoms. The second-order valence-corrected chi connectivity index (χ2v) is 7.14. The van der Waals surface area contributed by atoms with Gasteiger partial charge < -0.3 is 20.1 Å². The SMILES string of the molecule is NC(=O)c1cccc2c1c1c(OCC(=O)O)cncc1n2Cc1cccc(C(F)(F)F)c1F. The first-order valence-corrected chi connectivity index (χ1v) is 9.47. The van der Waals surface area contributed by atoms with E-state index >= 15 is 0 Å². The maximum atomic E-state index is 14.7. The van der Waals surface area contributed by atoms with E-state index in [4.69, 9.17) is 15.6 Å². The summed E-state index contributed by atoms with van der Waals surface area (Å²) in [5, 5.41) is 9.53. The fourth-order valence-electron chi connectivity index (χ4n) is 3.76. The van der Waals surface area contributed by atoms with E-state index in [2.05, 4.69) is 4.98 Å². The van der Waals surface area contributed by atoms with Crippen molar-refractivity contribution in [3.05, 3.63) is 71.3 Å². The molecule has 4 aromatic rings. The molecule has 0 aliphatic carbocycles. The number of aliphatic carboxylic acids is 1. The Morgan fingerprint density at radius 3 is 2.45 bits per heavy atom. The molecule has 2 aromatic heterocycles. The molecule has 0 radical (unpaired) electrons. The summed E-state index contributed by atoms with van der Waals surface area (Å²) >= 11 is 0. The number of ether oxygens (including phenoxy) is 1. The van der Waals surface area contributed by atoms with E-state index in [0.717, 1.165) is 6.07 Å². The van der Waals surface area contributed by atoms with Crippen molar-refractivity contribution in [1.29, 1.82) is 0 Å². The number of fused-ring (bicyclic) bond motifs is 3. The van der Waals surface area contributed by atoms with Gasteiger partial charge in [-0.05, 0) is 18.2 Å². The minimum atomic E-state index is -4.88. The Hall–Kier alpha value is -4.15. The predicted molar refractivity (Wildman–Crippen MR) is 109 cm³/mol. The molecule has 4 rings (SSSR count). The van der Waals surface area contributed by atoms with Crippen LogP contribution in [0.4, 0.5) is 17.6 Å². The zero-order chi connectivity index (χ0) is 23.9. The molecule has 2 heterocycles. The lowest BCUT2D eigenvalue weighted by Crippen LogP contribution is -2.12. The van der Waals surface area contributed by atoms with E-state index < -0.39 is 36.0 Å². The minimum absolute atomic E-state index is 0.0249. The molecule has 2 aromatic carbocycles. The van der Waals surface area contributed by atoms with Gasteiger partial charge in [-0.3, -0.25) is 9.78 Å². The summed E-state index contributed by atoms with van der Waals surface area (Å²) in [7, 11) is 0. The number of benzene rings is 2. The smallest absolute Gasteiger partial charge is 0.419 e. The number of primary amides is 1. The highest BCUT2D eigenvalue weighted by Gasteiger charge is 2.35. The fourth-order valence-corrected chi connectivity index (χ4v) is 3.76. The van der Waals surface area contributed by atoms with Crippen LogP contribution in [0.15, 0.2) is 48.8 Å². The molecule has 0 saturated heterocycles. The lowest BCUT2D eigenvalue weighted by Gasteiger charge is -2.13. The van der Waals surface area contributed by atoms with Crippen molar-refractivity contribution in [2.24, 2.45) is 5.73 Å². The monoisotopic (exact) mass is 461 g/mol. The Bertz CT molecular complexity index is 1410. The Labute approximate surface area is 183 Å². The van der Waals surface area contributed by atoms with Crippen molar-refractivity contribution in [3.63, 3.8) is 0 Å². The van der Waals surface area contributed by atoms with Crippen LogP contribution in [0.2, 0.25) is 0 Å². The molecule has 0 aliphatic rings. The number of rotatable bonds is 6. The summed E-state index contributed by atoms with van der Waals surface area (Å²) in [5.74, 6) is -3.43. The number of nitrogens with two attached hydrogens (primary N) is 1. The van der Waals surface area contributed by atoms with Crippen molar-refractivity contribution in [2.45, 2.75) is 12.7 Å². The van der Waals surface area contributed by atoms with Gasteiger partial charge in [-0.25, -0.2) is 9.18 Å². The number of hydrogen-bond acceptors (Lipinski definition) is 4. The summed E-state index contributed by atoms with van der Waals surface area (Å²) in [5.41, 5.74) is 4.59. The third kappa shape index (κ3) is 3.93. The van der Waals surface area contributed by atoms with Gasteiger partial charge in [0, 0.05) is 16.5 Å². The number of nitrogens with zero attached hydrogens (tertiary/aromatic N) is 2. The first-order chi connectivity index (χ1) is 15.6. The van der Waals surface area contributed by atoms with Crippen LogP contribution in [-0.4, -0.2) is 33.1 Å². The van der Waals surface area contributed by atoms with Crippen LogP contribution in [0.3, 0.4) is 0 Å². The quantitative estimate of drug-likeness (QED) is 0.423. The van der Waals surface area contributed by atoms with Crippen LogP contribution in [0.5, 0.6) is 5.75 Å². The summed E-state index contributed by atoms with van der Waals surface area (Å²) in [4.78, 5) is 27.1. The molecule has 33 heavy (non-hydrogen) atoms. The Morgan fingerprint density at radius 2 is 1.79 bits per heavy atom. The summed E-state index contributed by atoms with van der Waals surface area (Å²) < 4.78 is 61.1. The Balaban J connectivity index is 2.00. The Morgan fingerprint density at radius 1 is 1.06 bits per heavy atom. The summed E-state index contributed by atoms with van der Waals surface area (Å²) in [6, 6.07) is 7.51.